The number of nitrogens with one attached hydrogen (secondary N) is 2. The molecule has 0 aliphatic rings. The van der Waals surface area contributed by atoms with Crippen LogP contribution in [0.2, 0.25) is 15.2 Å². The molecule has 0 fully saturated rings. The molecule has 0 saturated heterocycles. The van der Waals surface area contributed by atoms with Gasteiger partial charge in [-0.15, -0.1) is 0 Å². The van der Waals surface area contributed by atoms with Gasteiger partial charge in [0.2, 0.25) is 5.95 Å². The van der Waals surface area contributed by atoms with E-state index in [9.17, 15) is 4.79 Å². The van der Waals surface area contributed by atoms with Gasteiger partial charge in [0.25, 0.3) is 5.91 Å². The maximum Gasteiger partial charge on any atom is 0.259 e. The molecule has 0 radical (unpaired) electrons. The van der Waals surface area contributed by atoms with Crippen molar-refractivity contribution in [2.24, 2.45) is 0 Å². The van der Waals surface area contributed by atoms with Crippen molar-refractivity contribution in [3.8, 4) is 0 Å². The van der Waals surface area contributed by atoms with E-state index in [0.717, 1.165) is 0 Å². The summed E-state index contributed by atoms with van der Waals surface area (Å²) in [6.45, 7) is 0. The molecule has 3 aromatic rings. The van der Waals surface area contributed by atoms with Crippen LogP contribution < -0.4 is 5.32 Å². The number of hydrogen-bond acceptors (Lipinski definition) is 4. The van der Waals surface area contributed by atoms with E-state index in [2.05, 4.69) is 25.3 Å². The number of carbonyl (C=O) groups excluding carboxylic acids is 1. The maximum absolute atomic E-state index is 12.2. The van der Waals surface area contributed by atoms with Gasteiger partial charge in [0.05, 0.1) is 21.9 Å². The molecule has 0 aliphatic carbocycles. The molecule has 2 N–H and O–H groups in total. The highest BCUT2D eigenvalue weighted by Crippen LogP contribution is 2.26. The fourth-order valence-corrected chi connectivity index (χ4v) is 2.31. The van der Waals surface area contributed by atoms with Crippen molar-refractivity contribution in [3.05, 3.63) is 45.3 Å². The number of amides is 1. The van der Waals surface area contributed by atoms with E-state index in [1.807, 2.05) is 0 Å². The lowest BCUT2D eigenvalue weighted by atomic mass is 10.2. The molecule has 0 spiro atoms. The van der Waals surface area contributed by atoms with Crippen LogP contribution in [0, 0.1) is 0 Å². The van der Waals surface area contributed by atoms with Crippen molar-refractivity contribution >= 4 is 57.8 Å². The number of hydrogen-bond donors (Lipinski definition) is 2. The van der Waals surface area contributed by atoms with Crippen molar-refractivity contribution in [2.45, 2.75) is 0 Å². The zero-order valence-electron chi connectivity index (χ0n) is 10.2. The number of H-pyrrole nitrogens is 1. The zero-order chi connectivity index (χ0) is 15.0. The van der Waals surface area contributed by atoms with E-state index in [0.29, 0.717) is 11.2 Å². The van der Waals surface area contributed by atoms with E-state index >= 15 is 0 Å². The van der Waals surface area contributed by atoms with E-state index in [1.165, 1.54) is 12.4 Å². The van der Waals surface area contributed by atoms with Gasteiger partial charge in [-0.05, 0) is 12.1 Å². The maximum atomic E-state index is 12.2. The number of benzene rings is 1. The van der Waals surface area contributed by atoms with E-state index < -0.39 is 5.91 Å². The second-order valence-corrected chi connectivity index (χ2v) is 5.14. The summed E-state index contributed by atoms with van der Waals surface area (Å²) in [7, 11) is 0. The van der Waals surface area contributed by atoms with Gasteiger partial charge in [-0.25, -0.2) is 4.98 Å². The summed E-state index contributed by atoms with van der Waals surface area (Å²) >= 11 is 17.8. The molecule has 0 unspecified atom stereocenters. The van der Waals surface area contributed by atoms with Crippen molar-refractivity contribution < 1.29 is 4.79 Å². The van der Waals surface area contributed by atoms with Crippen LogP contribution in [0.5, 0.6) is 0 Å². The van der Waals surface area contributed by atoms with Crippen molar-refractivity contribution in [1.82, 2.24) is 19.9 Å². The number of carbonyl (C=O) groups is 1. The first kappa shape index (κ1) is 14.1. The Hall–Kier alpha value is -1.89. The van der Waals surface area contributed by atoms with Gasteiger partial charge in [-0.2, -0.15) is 9.97 Å². The Morgan fingerprint density at radius 2 is 2.00 bits per heavy atom. The highest BCUT2D eigenvalue weighted by atomic mass is 35.5. The smallest absolute Gasteiger partial charge is 0.259 e. The number of anilines is 1. The fourth-order valence-electron chi connectivity index (χ4n) is 1.70. The van der Waals surface area contributed by atoms with Crippen LogP contribution in [0.1, 0.15) is 10.4 Å². The van der Waals surface area contributed by atoms with Crippen LogP contribution in [-0.4, -0.2) is 25.8 Å². The molecule has 2 heterocycles. The largest absolute Gasteiger partial charge is 0.341 e. The SMILES string of the molecule is O=C(Nc1nc(Cl)c2[nH]cnc2n1)c1cccc(Cl)c1Cl. The zero-order valence-corrected chi connectivity index (χ0v) is 12.5. The van der Waals surface area contributed by atoms with Crippen molar-refractivity contribution in [1.29, 1.82) is 0 Å². The van der Waals surface area contributed by atoms with E-state index in [4.69, 9.17) is 34.8 Å². The second kappa shape index (κ2) is 5.48. The lowest BCUT2D eigenvalue weighted by Crippen LogP contribution is -2.15. The number of fused-ring (bicyclic) bond motifs is 1. The molecule has 0 atom stereocenters. The monoisotopic (exact) mass is 341 g/mol. The lowest BCUT2D eigenvalue weighted by Gasteiger charge is -2.06. The average molecular weight is 343 g/mol. The number of halogens is 3. The lowest BCUT2D eigenvalue weighted by molar-refractivity contribution is 0.102. The van der Waals surface area contributed by atoms with E-state index in [-0.39, 0.29) is 26.7 Å². The Balaban J connectivity index is 1.94. The number of aromatic nitrogens is 4. The van der Waals surface area contributed by atoms with Gasteiger partial charge < -0.3 is 4.98 Å². The summed E-state index contributed by atoms with van der Waals surface area (Å²) in [6, 6.07) is 4.75. The molecular formula is C12H6Cl3N5O. The van der Waals surface area contributed by atoms with E-state index in [1.54, 1.807) is 12.1 Å². The summed E-state index contributed by atoms with van der Waals surface area (Å²) in [4.78, 5) is 27.0. The molecule has 1 aromatic carbocycles. The molecule has 2 aromatic heterocycles. The minimum Gasteiger partial charge on any atom is -0.341 e. The minimum absolute atomic E-state index is 0.0284. The van der Waals surface area contributed by atoms with Crippen LogP contribution in [0.3, 0.4) is 0 Å². The Kier molecular flexibility index (Phi) is 3.67. The van der Waals surface area contributed by atoms with Crippen LogP contribution in [0.4, 0.5) is 5.95 Å². The molecule has 0 aliphatic heterocycles. The Labute approximate surface area is 133 Å². The Bertz CT molecular complexity index is 848. The van der Waals surface area contributed by atoms with Gasteiger partial charge >= 0.3 is 0 Å². The predicted molar refractivity (Wildman–Crippen MR) is 81.1 cm³/mol. The van der Waals surface area contributed by atoms with Crippen LogP contribution >= 0.6 is 34.8 Å². The summed E-state index contributed by atoms with van der Waals surface area (Å²) in [6.07, 6.45) is 1.44. The quantitative estimate of drug-likeness (QED) is 0.697. The molecule has 0 saturated carbocycles. The van der Waals surface area contributed by atoms with Crippen molar-refractivity contribution in [2.75, 3.05) is 5.32 Å². The molecule has 0 bridgehead atoms. The highest BCUT2D eigenvalue weighted by molar-refractivity contribution is 6.44. The number of imidazole rings is 1. The Morgan fingerprint density at radius 1 is 1.19 bits per heavy atom. The summed E-state index contributed by atoms with van der Waals surface area (Å²) < 4.78 is 0. The first-order valence-electron chi connectivity index (χ1n) is 5.68. The van der Waals surface area contributed by atoms with Crippen LogP contribution in [-0.2, 0) is 0 Å². The first-order chi connectivity index (χ1) is 10.1. The fraction of sp³-hybridized carbons (Fsp3) is 0. The van der Waals surface area contributed by atoms with Gasteiger partial charge in [-0.3, -0.25) is 10.1 Å². The van der Waals surface area contributed by atoms with Gasteiger partial charge in [0.15, 0.2) is 10.8 Å². The molecule has 106 valence electrons. The summed E-state index contributed by atoms with van der Waals surface area (Å²) in [5.74, 6) is -0.464. The molecule has 3 rings (SSSR count). The normalized spacial score (nSPS) is 10.8. The summed E-state index contributed by atoms with van der Waals surface area (Å²) in [5, 5.41) is 3.10. The molecular weight excluding hydrogens is 337 g/mol. The number of rotatable bonds is 2. The third kappa shape index (κ3) is 2.65. The molecule has 21 heavy (non-hydrogen) atoms. The molecule has 6 nitrogen and oxygen atoms in total. The first-order valence-corrected chi connectivity index (χ1v) is 6.81. The second-order valence-electron chi connectivity index (χ2n) is 3.99. The van der Waals surface area contributed by atoms with Gasteiger partial charge in [-0.1, -0.05) is 40.9 Å². The standard InChI is InChI=1S/C12H6Cl3N5O/c13-6-3-1-2-5(7(6)14)11(21)20-12-18-9(15)8-10(19-12)17-4-16-8/h1-4H,(H2,16,17,18,19,20,21). The van der Waals surface area contributed by atoms with Crippen LogP contribution in [0.25, 0.3) is 11.2 Å². The molecule has 9 heteroatoms. The third-order valence-electron chi connectivity index (χ3n) is 2.66. The van der Waals surface area contributed by atoms with Gasteiger partial charge in [0.1, 0.15) is 5.52 Å². The third-order valence-corrected chi connectivity index (χ3v) is 3.76. The highest BCUT2D eigenvalue weighted by Gasteiger charge is 2.15. The average Bonchev–Trinajstić information content (AvgIpc) is 2.90. The number of nitrogens with zero attached hydrogens (tertiary/aromatic N) is 3. The van der Waals surface area contributed by atoms with Crippen LogP contribution in [0.15, 0.2) is 24.5 Å². The topological polar surface area (TPSA) is 83.6 Å². The van der Waals surface area contributed by atoms with Gasteiger partial charge in [0, 0.05) is 0 Å². The summed E-state index contributed by atoms with van der Waals surface area (Å²) in [5.41, 5.74) is 1.06. The Morgan fingerprint density at radius 3 is 2.81 bits per heavy atom. The number of aromatic amines is 1. The predicted octanol–water partition coefficient (Wildman–Crippen LogP) is 3.57. The minimum atomic E-state index is -0.492. The molecule has 1 amide bonds. The van der Waals surface area contributed by atoms with Crippen molar-refractivity contribution in [3.63, 3.8) is 0 Å².